The first kappa shape index (κ1) is 19.9. The first-order valence-corrected chi connectivity index (χ1v) is 10.0. The van der Waals surface area contributed by atoms with Gasteiger partial charge in [0.15, 0.2) is 5.16 Å². The van der Waals surface area contributed by atoms with Crippen molar-refractivity contribution in [2.45, 2.75) is 43.6 Å². The Kier molecular flexibility index (Phi) is 6.30. The lowest BCUT2D eigenvalue weighted by Crippen LogP contribution is -2.09. The molecule has 1 aromatic heterocycles. The van der Waals surface area contributed by atoms with E-state index in [9.17, 15) is 15.2 Å². The zero-order chi connectivity index (χ0) is 20.1. The predicted octanol–water partition coefficient (Wildman–Crippen LogP) is 4.75. The van der Waals surface area contributed by atoms with Gasteiger partial charge < -0.3 is 9.67 Å². The summed E-state index contributed by atoms with van der Waals surface area (Å²) >= 11 is 1.56. The van der Waals surface area contributed by atoms with Gasteiger partial charge in [-0.05, 0) is 29.7 Å². The molecule has 1 atom stereocenters. The Labute approximate surface area is 167 Å². The highest BCUT2D eigenvalue weighted by atomic mass is 32.2. The van der Waals surface area contributed by atoms with Gasteiger partial charge in [0.1, 0.15) is 11.6 Å². The number of thioether (sulfide) groups is 1. The minimum absolute atomic E-state index is 0.0864. The van der Waals surface area contributed by atoms with Crippen LogP contribution in [-0.4, -0.2) is 24.8 Å². The van der Waals surface area contributed by atoms with Gasteiger partial charge in [-0.25, -0.2) is 0 Å². The third kappa shape index (κ3) is 4.69. The molecule has 0 aliphatic heterocycles. The van der Waals surface area contributed by atoms with E-state index < -0.39 is 4.92 Å². The topological polar surface area (TPSA) is 94.1 Å². The third-order valence-electron chi connectivity index (χ3n) is 4.59. The summed E-state index contributed by atoms with van der Waals surface area (Å²) in [5.41, 5.74) is 2.13. The number of rotatable bonds is 8. The molecule has 0 aliphatic rings. The standard InChI is InChI=1S/C20H22N4O3S/c1-3-14(2)19-21-22-20(23(19)12-15-6-10-18(25)11-7-15)28-13-16-4-8-17(9-5-16)24(26)27/h4-11,14,25H,3,12-13H2,1-2H3. The predicted molar refractivity (Wildman–Crippen MR) is 109 cm³/mol. The van der Waals surface area contributed by atoms with E-state index in [1.807, 2.05) is 12.1 Å². The number of benzene rings is 2. The van der Waals surface area contributed by atoms with Gasteiger partial charge in [0.25, 0.3) is 5.69 Å². The third-order valence-corrected chi connectivity index (χ3v) is 5.63. The molecule has 0 spiro atoms. The van der Waals surface area contributed by atoms with Crippen LogP contribution in [0.2, 0.25) is 0 Å². The molecular weight excluding hydrogens is 376 g/mol. The molecule has 0 amide bonds. The van der Waals surface area contributed by atoms with E-state index in [-0.39, 0.29) is 17.4 Å². The van der Waals surface area contributed by atoms with Gasteiger partial charge in [-0.1, -0.05) is 49.9 Å². The van der Waals surface area contributed by atoms with E-state index >= 15 is 0 Å². The largest absolute Gasteiger partial charge is 0.508 e. The van der Waals surface area contributed by atoms with Crippen LogP contribution in [0.4, 0.5) is 5.69 Å². The number of non-ortho nitro benzene ring substituents is 1. The van der Waals surface area contributed by atoms with Gasteiger partial charge in [-0.3, -0.25) is 10.1 Å². The summed E-state index contributed by atoms with van der Waals surface area (Å²) in [6, 6.07) is 13.7. The number of nitrogens with zero attached hydrogens (tertiary/aromatic N) is 4. The van der Waals surface area contributed by atoms with Gasteiger partial charge in [0.2, 0.25) is 0 Å². The molecule has 8 heteroatoms. The highest BCUT2D eigenvalue weighted by Gasteiger charge is 2.17. The number of nitro groups is 1. The maximum atomic E-state index is 10.8. The van der Waals surface area contributed by atoms with E-state index in [0.717, 1.165) is 28.5 Å². The molecule has 0 saturated carbocycles. The number of hydrogen-bond acceptors (Lipinski definition) is 6. The fraction of sp³-hybridized carbons (Fsp3) is 0.300. The summed E-state index contributed by atoms with van der Waals surface area (Å²) in [4.78, 5) is 10.4. The quantitative estimate of drug-likeness (QED) is 0.334. The molecule has 0 fully saturated rings. The van der Waals surface area contributed by atoms with Crippen LogP contribution in [0.3, 0.4) is 0 Å². The van der Waals surface area contributed by atoms with Crippen molar-refractivity contribution in [2.24, 2.45) is 0 Å². The zero-order valence-electron chi connectivity index (χ0n) is 15.8. The molecule has 7 nitrogen and oxygen atoms in total. The maximum Gasteiger partial charge on any atom is 0.269 e. The van der Waals surface area contributed by atoms with Crippen LogP contribution in [0.1, 0.15) is 43.1 Å². The molecule has 0 bridgehead atoms. The lowest BCUT2D eigenvalue weighted by Gasteiger charge is -2.14. The minimum atomic E-state index is -0.399. The molecule has 2 aromatic carbocycles. The van der Waals surface area contributed by atoms with Crippen molar-refractivity contribution in [3.63, 3.8) is 0 Å². The van der Waals surface area contributed by atoms with Gasteiger partial charge in [0.05, 0.1) is 11.5 Å². The Morgan fingerprint density at radius 3 is 2.36 bits per heavy atom. The summed E-state index contributed by atoms with van der Waals surface area (Å²) in [6.07, 6.45) is 0.959. The van der Waals surface area contributed by atoms with Gasteiger partial charge in [-0.15, -0.1) is 10.2 Å². The second-order valence-electron chi connectivity index (χ2n) is 6.61. The molecule has 1 heterocycles. The average molecular weight is 398 g/mol. The SMILES string of the molecule is CCC(C)c1nnc(SCc2ccc([N+](=O)[O-])cc2)n1Cc1ccc(O)cc1. The highest BCUT2D eigenvalue weighted by Crippen LogP contribution is 2.27. The Morgan fingerprint density at radius 1 is 1.11 bits per heavy atom. The van der Waals surface area contributed by atoms with Gasteiger partial charge in [-0.2, -0.15) is 0 Å². The molecule has 1 unspecified atom stereocenters. The molecule has 3 aromatic rings. The van der Waals surface area contributed by atoms with Crippen molar-refractivity contribution in [3.05, 3.63) is 75.6 Å². The van der Waals surface area contributed by atoms with E-state index in [1.54, 1.807) is 36.0 Å². The van der Waals surface area contributed by atoms with Crippen molar-refractivity contribution in [3.8, 4) is 5.75 Å². The second kappa shape index (κ2) is 8.88. The Morgan fingerprint density at radius 2 is 1.75 bits per heavy atom. The summed E-state index contributed by atoms with van der Waals surface area (Å²) in [5.74, 6) is 2.09. The van der Waals surface area contributed by atoms with Crippen LogP contribution in [-0.2, 0) is 12.3 Å². The van der Waals surface area contributed by atoms with E-state index in [0.29, 0.717) is 12.3 Å². The molecule has 0 aliphatic carbocycles. The first-order valence-electron chi connectivity index (χ1n) is 9.05. The molecule has 3 rings (SSSR count). The Balaban J connectivity index is 1.80. The van der Waals surface area contributed by atoms with Crippen LogP contribution >= 0.6 is 11.8 Å². The summed E-state index contributed by atoms with van der Waals surface area (Å²) in [5, 5.41) is 29.9. The van der Waals surface area contributed by atoms with Gasteiger partial charge >= 0.3 is 0 Å². The maximum absolute atomic E-state index is 10.8. The van der Waals surface area contributed by atoms with Crippen molar-refractivity contribution < 1.29 is 10.0 Å². The number of hydrogen-bond donors (Lipinski definition) is 1. The number of phenolic OH excluding ortho intramolecular Hbond substituents is 1. The average Bonchev–Trinajstić information content (AvgIpc) is 3.10. The lowest BCUT2D eigenvalue weighted by molar-refractivity contribution is -0.384. The van der Waals surface area contributed by atoms with Crippen molar-refractivity contribution in [2.75, 3.05) is 0 Å². The number of phenols is 1. The summed E-state index contributed by atoms with van der Waals surface area (Å²) in [6.45, 7) is 4.87. The minimum Gasteiger partial charge on any atom is -0.508 e. The summed E-state index contributed by atoms with van der Waals surface area (Å²) < 4.78 is 2.11. The number of aromatic nitrogens is 3. The van der Waals surface area contributed by atoms with Crippen LogP contribution in [0.15, 0.2) is 53.7 Å². The molecule has 1 N–H and O–H groups in total. The van der Waals surface area contributed by atoms with Crippen LogP contribution < -0.4 is 0 Å². The monoisotopic (exact) mass is 398 g/mol. The zero-order valence-corrected chi connectivity index (χ0v) is 16.6. The molecular formula is C20H22N4O3S. The fourth-order valence-electron chi connectivity index (χ4n) is 2.75. The smallest absolute Gasteiger partial charge is 0.269 e. The van der Waals surface area contributed by atoms with E-state index in [4.69, 9.17) is 0 Å². The first-order chi connectivity index (χ1) is 13.5. The van der Waals surface area contributed by atoms with Crippen molar-refractivity contribution in [1.29, 1.82) is 0 Å². The molecule has 0 radical (unpaired) electrons. The van der Waals surface area contributed by atoms with Crippen LogP contribution in [0.5, 0.6) is 5.75 Å². The molecule has 146 valence electrons. The van der Waals surface area contributed by atoms with E-state index in [2.05, 4.69) is 28.6 Å². The molecule has 28 heavy (non-hydrogen) atoms. The fourth-order valence-corrected chi connectivity index (χ4v) is 3.65. The Hall–Kier alpha value is -2.87. The van der Waals surface area contributed by atoms with Crippen LogP contribution in [0.25, 0.3) is 0 Å². The van der Waals surface area contributed by atoms with Crippen LogP contribution in [0, 0.1) is 10.1 Å². The van der Waals surface area contributed by atoms with Crippen molar-refractivity contribution >= 4 is 17.4 Å². The number of nitro benzene ring substituents is 1. The lowest BCUT2D eigenvalue weighted by atomic mass is 10.1. The highest BCUT2D eigenvalue weighted by molar-refractivity contribution is 7.98. The van der Waals surface area contributed by atoms with Crippen molar-refractivity contribution in [1.82, 2.24) is 14.8 Å². The van der Waals surface area contributed by atoms with E-state index in [1.165, 1.54) is 12.1 Å². The normalized spacial score (nSPS) is 12.1. The number of aromatic hydroxyl groups is 1. The Bertz CT molecular complexity index is 939. The summed E-state index contributed by atoms with van der Waals surface area (Å²) in [7, 11) is 0. The van der Waals surface area contributed by atoms with Gasteiger partial charge in [0, 0.05) is 23.8 Å². The molecule has 0 saturated heterocycles. The second-order valence-corrected chi connectivity index (χ2v) is 7.56.